The Balaban J connectivity index is 2.02. The van der Waals surface area contributed by atoms with Crippen molar-refractivity contribution < 1.29 is 0 Å². The maximum absolute atomic E-state index is 4.77. The largest absolute Gasteiger partial charge is 0.280 e. The summed E-state index contributed by atoms with van der Waals surface area (Å²) in [5.41, 5.74) is 7.86. The van der Waals surface area contributed by atoms with Crippen molar-refractivity contribution in [3.05, 3.63) is 47.5 Å². The fourth-order valence-corrected chi connectivity index (χ4v) is 3.06. The summed E-state index contributed by atoms with van der Waals surface area (Å²) in [5.74, 6) is 0. The van der Waals surface area contributed by atoms with Crippen LogP contribution in [0.2, 0.25) is 0 Å². The number of rotatable bonds is 3. The molecule has 0 aromatic carbocycles. The van der Waals surface area contributed by atoms with E-state index in [9.17, 15) is 0 Å². The van der Waals surface area contributed by atoms with E-state index in [0.29, 0.717) is 0 Å². The smallest absolute Gasteiger partial charge is 0.182 e. The second-order valence-corrected chi connectivity index (χ2v) is 6.30. The molecule has 0 aliphatic rings. The average molecular weight is 332 g/mol. The molecular weight excluding hydrogens is 312 g/mol. The van der Waals surface area contributed by atoms with Gasteiger partial charge >= 0.3 is 0 Å². The Labute approximate surface area is 145 Å². The van der Waals surface area contributed by atoms with Gasteiger partial charge in [-0.05, 0) is 38.0 Å². The van der Waals surface area contributed by atoms with Crippen LogP contribution in [-0.4, -0.2) is 29.9 Å². The van der Waals surface area contributed by atoms with Crippen LogP contribution in [0.1, 0.15) is 23.9 Å². The zero-order valence-electron chi connectivity index (χ0n) is 14.8. The molecule has 1 N–H and O–H groups in total. The molecule has 0 radical (unpaired) electrons. The van der Waals surface area contributed by atoms with E-state index in [4.69, 9.17) is 4.98 Å². The molecule has 4 rings (SSSR count). The zero-order chi connectivity index (χ0) is 17.6. The number of H-pyrrole nitrogens is 1. The van der Waals surface area contributed by atoms with Gasteiger partial charge in [-0.3, -0.25) is 14.8 Å². The molecule has 0 atom stereocenters. The molecule has 4 aromatic heterocycles. The van der Waals surface area contributed by atoms with Crippen LogP contribution in [0.25, 0.3) is 33.5 Å². The third-order valence-electron chi connectivity index (χ3n) is 4.65. The monoisotopic (exact) mass is 332 g/mol. The summed E-state index contributed by atoms with van der Waals surface area (Å²) in [5, 5.41) is 12.9. The number of fused-ring (bicyclic) bond motifs is 1. The Morgan fingerprint density at radius 3 is 2.56 bits per heavy atom. The number of pyridine rings is 2. The van der Waals surface area contributed by atoms with Crippen LogP contribution in [0.5, 0.6) is 0 Å². The van der Waals surface area contributed by atoms with Crippen molar-refractivity contribution in [3.8, 4) is 22.5 Å². The Hall–Kier alpha value is -3.02. The lowest BCUT2D eigenvalue weighted by molar-refractivity contribution is 0.740. The highest BCUT2D eigenvalue weighted by atomic mass is 15.3. The van der Waals surface area contributed by atoms with Gasteiger partial charge in [-0.2, -0.15) is 10.2 Å². The van der Waals surface area contributed by atoms with Crippen molar-refractivity contribution in [1.82, 2.24) is 29.9 Å². The lowest BCUT2D eigenvalue weighted by Gasteiger charge is -2.08. The van der Waals surface area contributed by atoms with E-state index in [2.05, 4.69) is 45.4 Å². The number of hydrogen-bond donors (Lipinski definition) is 1. The summed E-state index contributed by atoms with van der Waals surface area (Å²) in [7, 11) is 1.93. The van der Waals surface area contributed by atoms with Gasteiger partial charge in [0, 0.05) is 35.8 Å². The van der Waals surface area contributed by atoms with E-state index in [1.165, 1.54) is 0 Å². The van der Waals surface area contributed by atoms with E-state index in [1.807, 2.05) is 38.0 Å². The first-order chi connectivity index (χ1) is 12.1. The van der Waals surface area contributed by atoms with Gasteiger partial charge in [-0.1, -0.05) is 13.0 Å². The highest BCUT2D eigenvalue weighted by molar-refractivity contribution is 5.96. The van der Waals surface area contributed by atoms with Gasteiger partial charge in [0.1, 0.15) is 0 Å². The fraction of sp³-hybridized carbons (Fsp3) is 0.263. The summed E-state index contributed by atoms with van der Waals surface area (Å²) in [6, 6.07) is 6.23. The van der Waals surface area contributed by atoms with Crippen molar-refractivity contribution in [3.63, 3.8) is 0 Å². The van der Waals surface area contributed by atoms with Crippen molar-refractivity contribution >= 4 is 11.0 Å². The Morgan fingerprint density at radius 1 is 1.08 bits per heavy atom. The molecule has 6 nitrogen and oxygen atoms in total. The first kappa shape index (κ1) is 15.5. The molecule has 4 aromatic rings. The minimum Gasteiger partial charge on any atom is -0.280 e. The molecule has 0 fully saturated rings. The van der Waals surface area contributed by atoms with Crippen LogP contribution in [0.3, 0.4) is 0 Å². The van der Waals surface area contributed by atoms with Crippen molar-refractivity contribution in [1.29, 1.82) is 0 Å². The second-order valence-electron chi connectivity index (χ2n) is 6.30. The molecule has 0 saturated carbocycles. The third-order valence-corrected chi connectivity index (χ3v) is 4.65. The minimum atomic E-state index is 0.718. The van der Waals surface area contributed by atoms with Crippen molar-refractivity contribution in [2.45, 2.75) is 27.2 Å². The number of hydrogen-bond acceptors (Lipinski definition) is 4. The summed E-state index contributed by atoms with van der Waals surface area (Å²) < 4.78 is 1.85. The van der Waals surface area contributed by atoms with Gasteiger partial charge in [0.05, 0.1) is 23.0 Å². The number of aromatic amines is 1. The van der Waals surface area contributed by atoms with Gasteiger partial charge in [-0.25, -0.2) is 4.98 Å². The van der Waals surface area contributed by atoms with E-state index >= 15 is 0 Å². The third kappa shape index (κ3) is 2.50. The first-order valence-electron chi connectivity index (χ1n) is 8.38. The quantitative estimate of drug-likeness (QED) is 0.622. The van der Waals surface area contributed by atoms with Crippen LogP contribution >= 0.6 is 0 Å². The van der Waals surface area contributed by atoms with Gasteiger partial charge < -0.3 is 0 Å². The SMILES string of the molecule is CCc1[nH]nc2nc(-c3cnn(C)c3C)cc(-c3ccc(C)cn3)c12. The van der Waals surface area contributed by atoms with Gasteiger partial charge in [0.25, 0.3) is 0 Å². The lowest BCUT2D eigenvalue weighted by Crippen LogP contribution is -1.95. The van der Waals surface area contributed by atoms with Crippen LogP contribution in [0.4, 0.5) is 0 Å². The molecule has 25 heavy (non-hydrogen) atoms. The van der Waals surface area contributed by atoms with E-state index in [1.54, 1.807) is 0 Å². The first-order valence-corrected chi connectivity index (χ1v) is 8.38. The van der Waals surface area contributed by atoms with Crippen LogP contribution in [0, 0.1) is 13.8 Å². The van der Waals surface area contributed by atoms with Crippen molar-refractivity contribution in [2.75, 3.05) is 0 Å². The van der Waals surface area contributed by atoms with Crippen LogP contribution in [0.15, 0.2) is 30.6 Å². The Morgan fingerprint density at radius 2 is 1.92 bits per heavy atom. The topological polar surface area (TPSA) is 72.3 Å². The molecule has 0 spiro atoms. The van der Waals surface area contributed by atoms with Gasteiger partial charge in [0.2, 0.25) is 0 Å². The molecule has 6 heteroatoms. The van der Waals surface area contributed by atoms with Crippen LogP contribution in [-0.2, 0) is 13.5 Å². The van der Waals surface area contributed by atoms with E-state index in [0.717, 1.165) is 56.9 Å². The van der Waals surface area contributed by atoms with Gasteiger partial charge in [0.15, 0.2) is 5.65 Å². The fourth-order valence-electron chi connectivity index (χ4n) is 3.06. The molecule has 0 bridgehead atoms. The van der Waals surface area contributed by atoms with E-state index < -0.39 is 0 Å². The molecule has 126 valence electrons. The normalized spacial score (nSPS) is 11.4. The van der Waals surface area contributed by atoms with Gasteiger partial charge in [-0.15, -0.1) is 0 Å². The lowest BCUT2D eigenvalue weighted by atomic mass is 10.0. The second kappa shape index (κ2) is 5.81. The number of aryl methyl sites for hydroxylation is 3. The summed E-state index contributed by atoms with van der Waals surface area (Å²) >= 11 is 0. The zero-order valence-corrected chi connectivity index (χ0v) is 14.8. The molecule has 0 unspecified atom stereocenters. The summed E-state index contributed by atoms with van der Waals surface area (Å²) in [6.45, 7) is 6.19. The molecule has 0 aliphatic carbocycles. The predicted octanol–water partition coefficient (Wildman–Crippen LogP) is 3.60. The highest BCUT2D eigenvalue weighted by Crippen LogP contribution is 2.33. The molecule has 0 saturated heterocycles. The maximum atomic E-state index is 4.77. The Kier molecular flexibility index (Phi) is 3.60. The van der Waals surface area contributed by atoms with Crippen molar-refractivity contribution in [2.24, 2.45) is 7.05 Å². The maximum Gasteiger partial charge on any atom is 0.182 e. The number of nitrogens with zero attached hydrogens (tertiary/aromatic N) is 5. The van der Waals surface area contributed by atoms with E-state index in [-0.39, 0.29) is 0 Å². The Bertz CT molecular complexity index is 1060. The predicted molar refractivity (Wildman–Crippen MR) is 98.2 cm³/mol. The molecular formula is C19H20N6. The molecule has 0 aliphatic heterocycles. The minimum absolute atomic E-state index is 0.718. The summed E-state index contributed by atoms with van der Waals surface area (Å²) in [4.78, 5) is 9.39. The molecule has 4 heterocycles. The standard InChI is InChI=1S/C19H20N6/c1-5-15-18-13(16-7-6-11(2)9-20-16)8-17(22-19(18)24-23-15)14-10-21-25(4)12(14)3/h6-10H,5H2,1-4H3,(H,22,23,24). The highest BCUT2D eigenvalue weighted by Gasteiger charge is 2.17. The molecule has 0 amide bonds. The number of nitrogens with one attached hydrogen (secondary N) is 1. The summed E-state index contributed by atoms with van der Waals surface area (Å²) in [6.07, 6.45) is 4.60. The van der Waals surface area contributed by atoms with Crippen LogP contribution < -0.4 is 0 Å². The number of aromatic nitrogens is 6. The average Bonchev–Trinajstić information content (AvgIpc) is 3.18.